The Morgan fingerprint density at radius 3 is 2.52 bits per heavy atom. The van der Waals surface area contributed by atoms with Crippen LogP contribution < -0.4 is 10.6 Å². The van der Waals surface area contributed by atoms with Crippen LogP contribution in [0.25, 0.3) is 22.2 Å². The Morgan fingerprint density at radius 2 is 1.77 bits per heavy atom. The highest BCUT2D eigenvalue weighted by molar-refractivity contribution is 6.07. The average Bonchev–Trinajstić information content (AvgIpc) is 3.29. The molecule has 0 saturated carbocycles. The maximum absolute atomic E-state index is 13.0. The van der Waals surface area contributed by atoms with Crippen molar-refractivity contribution in [1.29, 1.82) is 0 Å². The Bertz CT molecular complexity index is 1070. The second-order valence-corrected chi connectivity index (χ2v) is 7.99. The zero-order chi connectivity index (χ0) is 21.6. The van der Waals surface area contributed by atoms with Crippen LogP contribution in [0.4, 0.5) is 5.69 Å². The van der Waals surface area contributed by atoms with Gasteiger partial charge in [-0.05, 0) is 63.2 Å². The molecule has 1 saturated heterocycles. The molecule has 6 heteroatoms. The fourth-order valence-electron chi connectivity index (χ4n) is 4.04. The smallest absolute Gasteiger partial charge is 0.252 e. The first-order chi connectivity index (χ1) is 15.1. The van der Waals surface area contributed by atoms with E-state index in [1.807, 2.05) is 54.6 Å². The molecule has 31 heavy (non-hydrogen) atoms. The summed E-state index contributed by atoms with van der Waals surface area (Å²) >= 11 is 0. The number of pyridine rings is 1. The SMILES string of the molecule is CC(=O)Nc1ccc(-c2cc(C(=O)NCCCN3CCCC3)c3ccccc3n2)cc1. The van der Waals surface area contributed by atoms with Crippen LogP contribution in [0.5, 0.6) is 0 Å². The van der Waals surface area contributed by atoms with Gasteiger partial charge in [0.1, 0.15) is 0 Å². The molecule has 1 aliphatic heterocycles. The molecule has 4 rings (SSSR count). The molecule has 1 aromatic heterocycles. The van der Waals surface area contributed by atoms with Crippen molar-refractivity contribution in [3.63, 3.8) is 0 Å². The Hall–Kier alpha value is -3.25. The summed E-state index contributed by atoms with van der Waals surface area (Å²) < 4.78 is 0. The average molecular weight is 417 g/mol. The number of benzene rings is 2. The van der Waals surface area contributed by atoms with Gasteiger partial charge >= 0.3 is 0 Å². The maximum atomic E-state index is 13.0. The summed E-state index contributed by atoms with van der Waals surface area (Å²) in [4.78, 5) is 31.5. The molecular weight excluding hydrogens is 388 g/mol. The fourth-order valence-corrected chi connectivity index (χ4v) is 4.04. The van der Waals surface area contributed by atoms with Crippen LogP contribution >= 0.6 is 0 Å². The number of likely N-dealkylation sites (tertiary alicyclic amines) is 1. The zero-order valence-electron chi connectivity index (χ0n) is 17.9. The van der Waals surface area contributed by atoms with Gasteiger partial charge in [0.2, 0.25) is 5.91 Å². The second-order valence-electron chi connectivity index (χ2n) is 7.99. The summed E-state index contributed by atoms with van der Waals surface area (Å²) in [6, 6.07) is 17.1. The molecule has 1 aliphatic rings. The number of aromatic nitrogens is 1. The van der Waals surface area contributed by atoms with Gasteiger partial charge in [0, 0.05) is 30.1 Å². The van der Waals surface area contributed by atoms with Crippen molar-refractivity contribution < 1.29 is 9.59 Å². The van der Waals surface area contributed by atoms with Gasteiger partial charge in [0.15, 0.2) is 0 Å². The highest BCUT2D eigenvalue weighted by Gasteiger charge is 2.15. The lowest BCUT2D eigenvalue weighted by Gasteiger charge is -2.15. The quantitative estimate of drug-likeness (QED) is 0.569. The van der Waals surface area contributed by atoms with Crippen LogP contribution in [0, 0.1) is 0 Å². The van der Waals surface area contributed by atoms with E-state index in [0.29, 0.717) is 12.1 Å². The van der Waals surface area contributed by atoms with Gasteiger partial charge in [0.25, 0.3) is 5.91 Å². The molecule has 0 radical (unpaired) electrons. The van der Waals surface area contributed by atoms with E-state index in [4.69, 9.17) is 4.98 Å². The second kappa shape index (κ2) is 9.71. The summed E-state index contributed by atoms with van der Waals surface area (Å²) in [7, 11) is 0. The predicted octanol–water partition coefficient (Wildman–Crippen LogP) is 4.08. The van der Waals surface area contributed by atoms with Gasteiger partial charge in [0.05, 0.1) is 16.8 Å². The highest BCUT2D eigenvalue weighted by Crippen LogP contribution is 2.26. The predicted molar refractivity (Wildman–Crippen MR) is 124 cm³/mol. The minimum atomic E-state index is -0.111. The van der Waals surface area contributed by atoms with Gasteiger partial charge < -0.3 is 15.5 Å². The number of amides is 2. The summed E-state index contributed by atoms with van der Waals surface area (Å²) in [5, 5.41) is 6.69. The van der Waals surface area contributed by atoms with Gasteiger partial charge in [-0.2, -0.15) is 0 Å². The lowest BCUT2D eigenvalue weighted by molar-refractivity contribution is -0.114. The van der Waals surface area contributed by atoms with Crippen molar-refractivity contribution in [3.05, 3.63) is 60.2 Å². The number of hydrogen-bond acceptors (Lipinski definition) is 4. The monoisotopic (exact) mass is 416 g/mol. The number of carbonyl (C=O) groups is 2. The zero-order valence-corrected chi connectivity index (χ0v) is 17.9. The van der Waals surface area contributed by atoms with Gasteiger partial charge in [-0.25, -0.2) is 4.98 Å². The van der Waals surface area contributed by atoms with Crippen molar-refractivity contribution in [2.24, 2.45) is 0 Å². The van der Waals surface area contributed by atoms with E-state index in [9.17, 15) is 9.59 Å². The lowest BCUT2D eigenvalue weighted by atomic mass is 10.0. The van der Waals surface area contributed by atoms with E-state index in [2.05, 4.69) is 15.5 Å². The Balaban J connectivity index is 1.53. The van der Waals surface area contributed by atoms with Crippen LogP contribution in [0.3, 0.4) is 0 Å². The summed E-state index contributed by atoms with van der Waals surface area (Å²) in [5.41, 5.74) is 3.77. The molecule has 0 unspecified atom stereocenters. The van der Waals surface area contributed by atoms with Crippen molar-refractivity contribution in [2.45, 2.75) is 26.2 Å². The Kier molecular flexibility index (Phi) is 6.57. The van der Waals surface area contributed by atoms with Crippen LogP contribution in [0.15, 0.2) is 54.6 Å². The minimum absolute atomic E-state index is 0.0730. The van der Waals surface area contributed by atoms with Gasteiger partial charge in [-0.1, -0.05) is 30.3 Å². The van der Waals surface area contributed by atoms with Crippen molar-refractivity contribution in [3.8, 4) is 11.3 Å². The number of nitrogens with one attached hydrogen (secondary N) is 2. The molecule has 0 aliphatic carbocycles. The molecule has 2 heterocycles. The van der Waals surface area contributed by atoms with Crippen LogP contribution in [0.2, 0.25) is 0 Å². The number of carbonyl (C=O) groups excluding carboxylic acids is 2. The standard InChI is InChI=1S/C25H28N4O2/c1-18(30)27-20-11-9-19(10-12-20)24-17-22(21-7-2-3-8-23(21)28-24)25(31)26-13-6-16-29-14-4-5-15-29/h2-3,7-12,17H,4-6,13-16H2,1H3,(H,26,31)(H,27,30). The first kappa shape index (κ1) is 21.0. The number of fused-ring (bicyclic) bond motifs is 1. The highest BCUT2D eigenvalue weighted by atomic mass is 16.2. The number of para-hydroxylation sites is 1. The summed E-state index contributed by atoms with van der Waals surface area (Å²) in [6.45, 7) is 5.52. The van der Waals surface area contributed by atoms with Crippen molar-refractivity contribution >= 4 is 28.4 Å². The third kappa shape index (κ3) is 5.27. The number of nitrogens with zero attached hydrogens (tertiary/aromatic N) is 2. The van der Waals surface area contributed by atoms with Crippen LogP contribution in [-0.2, 0) is 4.79 Å². The van der Waals surface area contributed by atoms with Crippen molar-refractivity contribution in [1.82, 2.24) is 15.2 Å². The van der Waals surface area contributed by atoms with E-state index < -0.39 is 0 Å². The molecule has 2 N–H and O–H groups in total. The molecule has 2 aromatic carbocycles. The van der Waals surface area contributed by atoms with E-state index in [1.165, 1.54) is 32.9 Å². The largest absolute Gasteiger partial charge is 0.352 e. The molecule has 1 fully saturated rings. The fraction of sp³-hybridized carbons (Fsp3) is 0.320. The van der Waals surface area contributed by atoms with Crippen LogP contribution in [0.1, 0.15) is 36.5 Å². The molecule has 6 nitrogen and oxygen atoms in total. The van der Waals surface area contributed by atoms with E-state index in [0.717, 1.165) is 40.8 Å². The molecule has 0 atom stereocenters. The van der Waals surface area contributed by atoms with Crippen molar-refractivity contribution in [2.75, 3.05) is 31.5 Å². The number of rotatable bonds is 7. The third-order valence-electron chi connectivity index (χ3n) is 5.60. The first-order valence-corrected chi connectivity index (χ1v) is 10.9. The normalized spacial score (nSPS) is 14.0. The lowest BCUT2D eigenvalue weighted by Crippen LogP contribution is -2.28. The summed E-state index contributed by atoms with van der Waals surface area (Å²) in [5.74, 6) is -0.184. The molecule has 0 spiro atoms. The topological polar surface area (TPSA) is 74.3 Å². The van der Waals surface area contributed by atoms with Gasteiger partial charge in [-0.3, -0.25) is 9.59 Å². The van der Waals surface area contributed by atoms with Gasteiger partial charge in [-0.15, -0.1) is 0 Å². The van der Waals surface area contributed by atoms with E-state index in [-0.39, 0.29) is 11.8 Å². The Labute approximate surface area is 182 Å². The maximum Gasteiger partial charge on any atom is 0.252 e. The van der Waals surface area contributed by atoms with E-state index in [1.54, 1.807) is 0 Å². The molecule has 3 aromatic rings. The molecular formula is C25H28N4O2. The summed E-state index contributed by atoms with van der Waals surface area (Å²) in [6.07, 6.45) is 3.51. The van der Waals surface area contributed by atoms with E-state index >= 15 is 0 Å². The molecule has 0 bridgehead atoms. The number of anilines is 1. The third-order valence-corrected chi connectivity index (χ3v) is 5.60. The molecule has 160 valence electrons. The van der Waals surface area contributed by atoms with Crippen LogP contribution in [-0.4, -0.2) is 47.9 Å². The molecule has 2 amide bonds. The Morgan fingerprint density at radius 1 is 1.03 bits per heavy atom. The minimum Gasteiger partial charge on any atom is -0.352 e. The first-order valence-electron chi connectivity index (χ1n) is 10.9. The number of hydrogen-bond donors (Lipinski definition) is 2.